The second kappa shape index (κ2) is 19.8. The number of hydrogen-bond donors (Lipinski definition) is 4. The van der Waals surface area contributed by atoms with Crippen LogP contribution in [-0.2, 0) is 41.9 Å². The number of nitrogens with one attached hydrogen (secondary N) is 2. The molecule has 12 heteroatoms. The number of allylic oxidation sites excluding steroid dienone is 4. The number of aryl methyl sites for hydroxylation is 1. The summed E-state index contributed by atoms with van der Waals surface area (Å²) in [6, 6.07) is 8.16. The summed E-state index contributed by atoms with van der Waals surface area (Å²) in [6.07, 6.45) is 5.39. The van der Waals surface area contributed by atoms with E-state index < -0.39 is 0 Å². The van der Waals surface area contributed by atoms with Gasteiger partial charge >= 0.3 is 0 Å². The number of rotatable bonds is 4. The Kier molecular flexibility index (Phi) is 20.9. The van der Waals surface area contributed by atoms with Gasteiger partial charge in [-0.15, -0.1) is 9.81 Å². The van der Waals surface area contributed by atoms with Crippen LogP contribution in [-0.4, -0.2) is 20.0 Å². The normalized spacial score (nSPS) is 11.1. The van der Waals surface area contributed by atoms with Crippen molar-refractivity contribution >= 4 is 12.6 Å². The Morgan fingerprint density at radius 2 is 1.35 bits per heavy atom. The zero-order valence-electron chi connectivity index (χ0n) is 20.8. The molecule has 2 aromatic rings. The van der Waals surface area contributed by atoms with Gasteiger partial charge in [0, 0.05) is 36.2 Å². The molecule has 0 aliphatic heterocycles. The van der Waals surface area contributed by atoms with Gasteiger partial charge in [-0.2, -0.15) is 4.90 Å². The molecule has 0 atom stereocenters. The maximum atomic E-state index is 9.65. The molecule has 1 aromatic heterocycles. The van der Waals surface area contributed by atoms with E-state index in [4.69, 9.17) is 23.0 Å². The van der Waals surface area contributed by atoms with Gasteiger partial charge in [0.25, 0.3) is 0 Å². The minimum atomic E-state index is 0. The number of nitrogens with zero attached hydrogens (tertiary/aromatic N) is 4. The summed E-state index contributed by atoms with van der Waals surface area (Å²) in [5, 5.41) is 21.4. The van der Waals surface area contributed by atoms with Crippen LogP contribution < -0.4 is 11.0 Å². The topological polar surface area (TPSA) is 141 Å². The van der Waals surface area contributed by atoms with E-state index >= 15 is 0 Å². The first kappa shape index (κ1) is 35.9. The second-order valence-electron chi connectivity index (χ2n) is 7.83. The summed E-state index contributed by atoms with van der Waals surface area (Å²) in [7, 11) is 1.94. The molecule has 0 fully saturated rings. The molecule has 0 spiro atoms. The van der Waals surface area contributed by atoms with Gasteiger partial charge in [-0.1, -0.05) is 45.0 Å². The Morgan fingerprint density at radius 1 is 0.941 bits per heavy atom. The van der Waals surface area contributed by atoms with Crippen LogP contribution in [0.4, 0.5) is 0 Å². The number of hydroxylamine groups is 2. The molecule has 0 bridgehead atoms. The summed E-state index contributed by atoms with van der Waals surface area (Å²) in [4.78, 5) is 24.0. The number of aromatic nitrogens is 2. The quantitative estimate of drug-likeness (QED) is 0.234. The van der Waals surface area contributed by atoms with Crippen molar-refractivity contribution in [3.63, 3.8) is 0 Å². The van der Waals surface area contributed by atoms with E-state index in [2.05, 4.69) is 48.2 Å². The van der Waals surface area contributed by atoms with Crippen LogP contribution in [0.1, 0.15) is 54.0 Å². The zero-order chi connectivity index (χ0) is 26.0. The molecule has 0 saturated carbocycles. The van der Waals surface area contributed by atoms with Gasteiger partial charge in [-0.3, -0.25) is 21.4 Å². The van der Waals surface area contributed by atoms with Gasteiger partial charge in [0.2, 0.25) is 0 Å². The van der Waals surface area contributed by atoms with Gasteiger partial charge in [0.15, 0.2) is 0 Å². The Hall–Kier alpha value is -2.64. The summed E-state index contributed by atoms with van der Waals surface area (Å²) in [5.41, 5.74) is 6.44. The molecule has 0 amide bonds. The van der Waals surface area contributed by atoms with E-state index in [-0.39, 0.29) is 33.6 Å². The van der Waals surface area contributed by atoms with Gasteiger partial charge < -0.3 is 17.2 Å². The molecule has 1 radical (unpaired) electrons. The summed E-state index contributed by atoms with van der Waals surface area (Å²) in [6.45, 7) is 12.7. The third-order valence-corrected chi connectivity index (χ3v) is 4.32. The van der Waals surface area contributed by atoms with Crippen molar-refractivity contribution in [2.45, 2.75) is 58.8 Å². The third-order valence-electron chi connectivity index (χ3n) is 4.05. The molecule has 1 heterocycles. The fourth-order valence-corrected chi connectivity index (χ4v) is 1.72. The van der Waals surface area contributed by atoms with E-state index in [9.17, 15) is 9.81 Å². The van der Waals surface area contributed by atoms with E-state index in [1.54, 1.807) is 37.3 Å². The Labute approximate surface area is 217 Å². The molecule has 0 saturated heterocycles. The number of nitroso groups, excluding NO2 is 2. The van der Waals surface area contributed by atoms with Crippen molar-refractivity contribution in [3.05, 3.63) is 81.2 Å². The first-order valence-electron chi connectivity index (χ1n) is 9.85. The van der Waals surface area contributed by atoms with Crippen LogP contribution >= 0.6 is 0 Å². The average molecular weight is 539 g/mol. The molecule has 193 valence electrons. The summed E-state index contributed by atoms with van der Waals surface area (Å²) in [5.74, 6) is 0. The fourth-order valence-electron chi connectivity index (χ4n) is 1.58. The van der Waals surface area contributed by atoms with E-state index in [0.717, 1.165) is 4.90 Å². The molecule has 10 nitrogen and oxygen atoms in total. The first-order valence-corrected chi connectivity index (χ1v) is 10.3. The molecule has 1 aromatic carbocycles. The van der Waals surface area contributed by atoms with Crippen LogP contribution in [0.15, 0.2) is 81.0 Å². The molecular formula is C22H35CoN6O4S-. The smallest absolute Gasteiger partial charge is 0.103 e. The predicted octanol–water partition coefficient (Wildman–Crippen LogP) is 5.27. The number of imidazole rings is 1. The van der Waals surface area contributed by atoms with Gasteiger partial charge in [-0.25, -0.2) is 4.98 Å². The standard InChI is InChI=1S/C10H14S.2C4H8N2O2.C4H6N2.Co/c1-10(2,3)8-4-6-9(11)7-5-8;2*1-3(5-7)4(2)6-8;1-6-3-2-5-4-6;/h4-7,11H,1-3H3;2*5,7H,1-2H3;2-4H,1H3;/p-1/b;2*4-3-;;. The average Bonchev–Trinajstić information content (AvgIpc) is 3.28. The van der Waals surface area contributed by atoms with Crippen LogP contribution in [0.3, 0.4) is 0 Å². The number of hydrogen-bond acceptors (Lipinski definition) is 10. The monoisotopic (exact) mass is 538 g/mol. The minimum Gasteiger partial charge on any atom is -0.780 e. The van der Waals surface area contributed by atoms with Crippen molar-refractivity contribution in [2.75, 3.05) is 0 Å². The Bertz CT molecular complexity index is 850. The predicted molar refractivity (Wildman–Crippen MR) is 132 cm³/mol. The summed E-state index contributed by atoms with van der Waals surface area (Å²) >= 11 is 4.99. The molecular weight excluding hydrogens is 503 g/mol. The molecule has 0 aliphatic rings. The Balaban J connectivity index is -0.000000382. The molecule has 2 rings (SSSR count). The van der Waals surface area contributed by atoms with Crippen molar-refractivity contribution in [1.29, 1.82) is 0 Å². The van der Waals surface area contributed by atoms with Crippen molar-refractivity contribution in [2.24, 2.45) is 17.4 Å². The van der Waals surface area contributed by atoms with Crippen molar-refractivity contribution < 1.29 is 27.2 Å². The maximum absolute atomic E-state index is 9.65. The molecule has 4 N–H and O–H groups in total. The number of benzene rings is 1. The van der Waals surface area contributed by atoms with Gasteiger partial charge in [-0.05, 0) is 49.0 Å². The molecule has 34 heavy (non-hydrogen) atoms. The zero-order valence-corrected chi connectivity index (χ0v) is 22.6. The largest absolute Gasteiger partial charge is 0.780 e. The fraction of sp³-hybridized carbons (Fsp3) is 0.409. The van der Waals surface area contributed by atoms with Crippen LogP contribution in [0.2, 0.25) is 0 Å². The van der Waals surface area contributed by atoms with Crippen molar-refractivity contribution in [3.8, 4) is 0 Å². The van der Waals surface area contributed by atoms with Crippen LogP contribution in [0.25, 0.3) is 0 Å². The third kappa shape index (κ3) is 17.9. The molecule has 0 aliphatic carbocycles. The Morgan fingerprint density at radius 3 is 1.53 bits per heavy atom. The SMILES string of the molecule is C/C(N=O)=C(\C)NO.C/C(N=O)=C(\C)NO.CC(C)(C)c1ccc([S-])cc1.Cn1ccnc1.[Co]. The summed E-state index contributed by atoms with van der Waals surface area (Å²) < 4.78 is 1.89. The van der Waals surface area contributed by atoms with E-state index in [1.165, 1.54) is 19.4 Å². The maximum Gasteiger partial charge on any atom is 0.103 e. The first-order chi connectivity index (χ1) is 15.3. The van der Waals surface area contributed by atoms with E-state index in [0.29, 0.717) is 11.4 Å². The minimum absolute atomic E-state index is 0. The van der Waals surface area contributed by atoms with Crippen LogP contribution in [0.5, 0.6) is 0 Å². The van der Waals surface area contributed by atoms with E-state index in [1.807, 2.05) is 29.9 Å². The second-order valence-corrected chi connectivity index (χ2v) is 8.30. The van der Waals surface area contributed by atoms with Crippen molar-refractivity contribution in [1.82, 2.24) is 20.5 Å². The van der Waals surface area contributed by atoms with Crippen LogP contribution in [0, 0.1) is 9.81 Å². The van der Waals surface area contributed by atoms with Gasteiger partial charge in [0.05, 0.1) is 17.7 Å². The molecule has 0 unspecified atom stereocenters. The van der Waals surface area contributed by atoms with Gasteiger partial charge in [0.1, 0.15) is 11.4 Å².